The first-order chi connectivity index (χ1) is 12.1. The Hall–Kier alpha value is -1.62. The number of carbonyl (C=O) groups excluding carboxylic acids is 2. The molecule has 3 rings (SSSR count). The lowest BCUT2D eigenvalue weighted by atomic mass is 9.75. The molecule has 1 aliphatic carbocycles. The molecule has 0 bridgehead atoms. The molecular weight excluding hydrogens is 328 g/mol. The number of aromatic nitrogens is 1. The minimum Gasteiger partial charge on any atom is -0.391 e. The summed E-state index contributed by atoms with van der Waals surface area (Å²) in [6, 6.07) is 0. The van der Waals surface area contributed by atoms with E-state index < -0.39 is 6.10 Å². The van der Waals surface area contributed by atoms with Crippen LogP contribution in [-0.2, 0) is 24.2 Å². The van der Waals surface area contributed by atoms with Crippen LogP contribution in [0.2, 0.25) is 0 Å². The number of aliphatic hydroxyl groups is 1. The van der Waals surface area contributed by atoms with Gasteiger partial charge in [-0.15, -0.1) is 0 Å². The first kappa shape index (κ1) is 19.2. The van der Waals surface area contributed by atoms with Crippen LogP contribution < -0.4 is 0 Å². The van der Waals surface area contributed by atoms with Crippen molar-refractivity contribution < 1.29 is 14.7 Å². The fourth-order valence-corrected chi connectivity index (χ4v) is 4.47. The summed E-state index contributed by atoms with van der Waals surface area (Å²) in [6.45, 7) is 12.6. The van der Waals surface area contributed by atoms with Gasteiger partial charge in [0.1, 0.15) is 0 Å². The SMILES string of the molecule is Cc1c(CC(=O)N2CC[C@H](O)C2)c2c(n1CC(C)C)CC(C)(C)CC2=O. The van der Waals surface area contributed by atoms with Crippen LogP contribution in [0.4, 0.5) is 0 Å². The van der Waals surface area contributed by atoms with Crippen molar-refractivity contribution in [3.05, 3.63) is 22.5 Å². The molecule has 0 spiro atoms. The van der Waals surface area contributed by atoms with Crippen LogP contribution >= 0.6 is 0 Å². The second-order valence-corrected chi connectivity index (χ2v) is 9.29. The fourth-order valence-electron chi connectivity index (χ4n) is 4.47. The maximum Gasteiger partial charge on any atom is 0.227 e. The monoisotopic (exact) mass is 360 g/mol. The summed E-state index contributed by atoms with van der Waals surface area (Å²) in [5.74, 6) is 0.667. The molecule has 1 aromatic heterocycles. The number of amides is 1. The number of aliphatic hydroxyl groups excluding tert-OH is 1. The molecule has 2 aliphatic rings. The Labute approximate surface area is 156 Å². The standard InChI is InChI=1S/C21H32N2O3/c1-13(2)11-23-14(3)16(8-19(26)22-7-6-15(24)12-22)20-17(23)9-21(4,5)10-18(20)25/h13,15,24H,6-12H2,1-5H3/t15-/m0/s1. The first-order valence-corrected chi connectivity index (χ1v) is 9.79. The third kappa shape index (κ3) is 3.59. The van der Waals surface area contributed by atoms with Crippen molar-refractivity contribution in [3.8, 4) is 0 Å². The van der Waals surface area contributed by atoms with Gasteiger partial charge in [-0.2, -0.15) is 0 Å². The Morgan fingerprint density at radius 2 is 2.00 bits per heavy atom. The van der Waals surface area contributed by atoms with E-state index in [1.165, 1.54) is 0 Å². The molecule has 1 aromatic rings. The molecule has 0 aromatic carbocycles. The van der Waals surface area contributed by atoms with Crippen molar-refractivity contribution in [2.24, 2.45) is 11.3 Å². The number of hydrogen-bond donors (Lipinski definition) is 1. The van der Waals surface area contributed by atoms with Gasteiger partial charge in [0, 0.05) is 43.0 Å². The highest BCUT2D eigenvalue weighted by Gasteiger charge is 2.37. The Morgan fingerprint density at radius 3 is 2.58 bits per heavy atom. The molecule has 0 saturated carbocycles. The van der Waals surface area contributed by atoms with E-state index >= 15 is 0 Å². The maximum absolute atomic E-state index is 12.9. The van der Waals surface area contributed by atoms with Crippen molar-refractivity contribution >= 4 is 11.7 Å². The highest BCUT2D eigenvalue weighted by molar-refractivity contribution is 6.01. The van der Waals surface area contributed by atoms with Crippen molar-refractivity contribution in [3.63, 3.8) is 0 Å². The van der Waals surface area contributed by atoms with Crippen LogP contribution in [0.1, 0.15) is 67.8 Å². The highest BCUT2D eigenvalue weighted by Crippen LogP contribution is 2.39. The summed E-state index contributed by atoms with van der Waals surface area (Å²) in [7, 11) is 0. The molecule has 1 fully saturated rings. The highest BCUT2D eigenvalue weighted by atomic mass is 16.3. The number of fused-ring (bicyclic) bond motifs is 1. The van der Waals surface area contributed by atoms with Gasteiger partial charge in [-0.1, -0.05) is 27.7 Å². The predicted octanol–water partition coefficient (Wildman–Crippen LogP) is 2.74. The molecule has 1 atom stereocenters. The minimum atomic E-state index is -0.415. The van der Waals surface area contributed by atoms with E-state index in [1.54, 1.807) is 4.90 Å². The van der Waals surface area contributed by atoms with E-state index in [0.29, 0.717) is 31.8 Å². The minimum absolute atomic E-state index is 0.0202. The van der Waals surface area contributed by atoms with Crippen LogP contribution in [0.5, 0.6) is 0 Å². The Kier molecular flexibility index (Phi) is 5.04. The zero-order valence-electron chi connectivity index (χ0n) is 16.8. The van der Waals surface area contributed by atoms with Gasteiger partial charge in [0.05, 0.1) is 12.5 Å². The van der Waals surface area contributed by atoms with Crippen molar-refractivity contribution in [1.29, 1.82) is 0 Å². The molecule has 1 aliphatic heterocycles. The lowest BCUT2D eigenvalue weighted by Crippen LogP contribution is -2.32. The molecule has 1 amide bonds. The van der Waals surface area contributed by atoms with Crippen LogP contribution in [-0.4, -0.2) is 45.5 Å². The first-order valence-electron chi connectivity index (χ1n) is 9.79. The number of carbonyl (C=O) groups is 2. The van der Waals surface area contributed by atoms with E-state index in [1.807, 2.05) is 6.92 Å². The summed E-state index contributed by atoms with van der Waals surface area (Å²) in [4.78, 5) is 27.4. The van der Waals surface area contributed by atoms with E-state index in [-0.39, 0.29) is 23.5 Å². The normalized spacial score (nSPS) is 22.2. The van der Waals surface area contributed by atoms with Gasteiger partial charge < -0.3 is 14.6 Å². The van der Waals surface area contributed by atoms with Crippen LogP contribution in [0.3, 0.4) is 0 Å². The summed E-state index contributed by atoms with van der Waals surface area (Å²) in [6.07, 6.45) is 1.90. The smallest absolute Gasteiger partial charge is 0.227 e. The molecule has 144 valence electrons. The Morgan fingerprint density at radius 1 is 1.31 bits per heavy atom. The largest absolute Gasteiger partial charge is 0.391 e. The van der Waals surface area contributed by atoms with Crippen molar-refractivity contribution in [2.45, 2.75) is 73.0 Å². The third-order valence-electron chi connectivity index (χ3n) is 5.71. The van der Waals surface area contributed by atoms with E-state index in [0.717, 1.165) is 35.5 Å². The second kappa shape index (κ2) is 6.84. The van der Waals surface area contributed by atoms with Gasteiger partial charge in [0.25, 0.3) is 0 Å². The van der Waals surface area contributed by atoms with Crippen molar-refractivity contribution in [2.75, 3.05) is 13.1 Å². The molecule has 26 heavy (non-hydrogen) atoms. The zero-order valence-corrected chi connectivity index (χ0v) is 16.8. The average Bonchev–Trinajstić information content (AvgIpc) is 3.03. The molecule has 1 N–H and O–H groups in total. The van der Waals surface area contributed by atoms with Gasteiger partial charge in [-0.05, 0) is 36.7 Å². The molecular formula is C21H32N2O3. The van der Waals surface area contributed by atoms with Gasteiger partial charge >= 0.3 is 0 Å². The second-order valence-electron chi connectivity index (χ2n) is 9.29. The molecule has 0 radical (unpaired) electrons. The Bertz CT molecular complexity index is 730. The quantitative estimate of drug-likeness (QED) is 0.898. The molecule has 0 unspecified atom stereocenters. The average molecular weight is 360 g/mol. The maximum atomic E-state index is 12.9. The van der Waals surface area contributed by atoms with Gasteiger partial charge in [0.2, 0.25) is 5.91 Å². The van der Waals surface area contributed by atoms with E-state index in [9.17, 15) is 14.7 Å². The number of hydrogen-bond acceptors (Lipinski definition) is 3. The van der Waals surface area contributed by atoms with Crippen LogP contribution in [0.15, 0.2) is 0 Å². The number of nitrogens with zero attached hydrogens (tertiary/aromatic N) is 2. The lowest BCUT2D eigenvalue weighted by molar-refractivity contribution is -0.129. The summed E-state index contributed by atoms with van der Waals surface area (Å²) >= 11 is 0. The number of rotatable bonds is 4. The molecule has 5 nitrogen and oxygen atoms in total. The van der Waals surface area contributed by atoms with E-state index in [2.05, 4.69) is 32.3 Å². The summed E-state index contributed by atoms with van der Waals surface area (Å²) < 4.78 is 2.28. The van der Waals surface area contributed by atoms with Crippen molar-refractivity contribution in [1.82, 2.24) is 9.47 Å². The third-order valence-corrected chi connectivity index (χ3v) is 5.71. The Balaban J connectivity index is 1.98. The number of ketones is 1. The van der Waals surface area contributed by atoms with Gasteiger partial charge in [0.15, 0.2) is 5.78 Å². The number of likely N-dealkylation sites (tertiary alicyclic amines) is 1. The van der Waals surface area contributed by atoms with Gasteiger partial charge in [-0.25, -0.2) is 0 Å². The summed E-state index contributed by atoms with van der Waals surface area (Å²) in [5, 5.41) is 9.71. The van der Waals surface area contributed by atoms with Crippen LogP contribution in [0.25, 0.3) is 0 Å². The van der Waals surface area contributed by atoms with Gasteiger partial charge in [-0.3, -0.25) is 9.59 Å². The van der Waals surface area contributed by atoms with Crippen LogP contribution in [0, 0.1) is 18.3 Å². The molecule has 5 heteroatoms. The topological polar surface area (TPSA) is 62.5 Å². The fraction of sp³-hybridized carbons (Fsp3) is 0.714. The van der Waals surface area contributed by atoms with E-state index in [4.69, 9.17) is 0 Å². The summed E-state index contributed by atoms with van der Waals surface area (Å²) in [5.41, 5.74) is 3.84. The number of Topliss-reactive ketones (excluding diaryl/α,β-unsaturated/α-hetero) is 1. The molecule has 2 heterocycles. The lowest BCUT2D eigenvalue weighted by Gasteiger charge is -2.30. The zero-order chi connectivity index (χ0) is 19.2. The molecule has 1 saturated heterocycles. The number of β-amino-alcohol motifs (C(OH)–C–C–N with tert-alkyl or cyclic N) is 1. The predicted molar refractivity (Wildman–Crippen MR) is 101 cm³/mol.